The molecule has 2 rings (SSSR count). The van der Waals surface area contributed by atoms with Gasteiger partial charge in [-0.25, -0.2) is 4.79 Å². The van der Waals surface area contributed by atoms with E-state index in [0.29, 0.717) is 12.4 Å². The zero-order valence-electron chi connectivity index (χ0n) is 11.7. The summed E-state index contributed by atoms with van der Waals surface area (Å²) in [5.41, 5.74) is 5.94. The number of hydrogen-bond donors (Lipinski definition) is 2. The topological polar surface area (TPSA) is 81.8 Å². The van der Waals surface area contributed by atoms with Crippen molar-refractivity contribution >= 4 is 5.97 Å². The summed E-state index contributed by atoms with van der Waals surface area (Å²) < 4.78 is 10.7. The SMILES string of the molecule is CCOC(=O)C(N)(COc1ccc(CO)cc1)C1CC1. The van der Waals surface area contributed by atoms with Crippen LogP contribution in [0.4, 0.5) is 0 Å². The number of hydrogen-bond acceptors (Lipinski definition) is 5. The van der Waals surface area contributed by atoms with Crippen LogP contribution in [0.5, 0.6) is 5.75 Å². The Balaban J connectivity index is 1.99. The van der Waals surface area contributed by atoms with Crippen molar-refractivity contribution in [1.29, 1.82) is 0 Å². The largest absolute Gasteiger partial charge is 0.491 e. The number of carbonyl (C=O) groups is 1. The molecule has 5 heteroatoms. The van der Waals surface area contributed by atoms with Gasteiger partial charge in [0.2, 0.25) is 0 Å². The molecular weight excluding hydrogens is 258 g/mol. The summed E-state index contributed by atoms with van der Waals surface area (Å²) in [5, 5.41) is 8.98. The monoisotopic (exact) mass is 279 g/mol. The maximum atomic E-state index is 12.0. The van der Waals surface area contributed by atoms with Gasteiger partial charge in [-0.2, -0.15) is 0 Å². The first kappa shape index (κ1) is 14.8. The first-order chi connectivity index (χ1) is 9.60. The Kier molecular flexibility index (Phi) is 4.62. The molecule has 5 nitrogen and oxygen atoms in total. The number of rotatable bonds is 7. The van der Waals surface area contributed by atoms with Crippen molar-refractivity contribution in [2.45, 2.75) is 31.9 Å². The van der Waals surface area contributed by atoms with E-state index in [4.69, 9.17) is 20.3 Å². The van der Waals surface area contributed by atoms with Crippen LogP contribution < -0.4 is 10.5 Å². The molecule has 3 N–H and O–H groups in total. The summed E-state index contributed by atoms with van der Waals surface area (Å²) in [4.78, 5) is 12.0. The quantitative estimate of drug-likeness (QED) is 0.734. The third-order valence-corrected chi connectivity index (χ3v) is 3.54. The van der Waals surface area contributed by atoms with Gasteiger partial charge >= 0.3 is 5.97 Å². The van der Waals surface area contributed by atoms with E-state index in [-0.39, 0.29) is 19.1 Å². The molecule has 0 saturated heterocycles. The molecule has 0 spiro atoms. The van der Waals surface area contributed by atoms with E-state index in [0.717, 1.165) is 18.4 Å². The highest BCUT2D eigenvalue weighted by atomic mass is 16.5. The van der Waals surface area contributed by atoms with Crippen molar-refractivity contribution in [3.05, 3.63) is 29.8 Å². The molecular formula is C15H21NO4. The molecule has 20 heavy (non-hydrogen) atoms. The zero-order chi connectivity index (χ0) is 14.6. The van der Waals surface area contributed by atoms with Crippen molar-refractivity contribution in [1.82, 2.24) is 0 Å². The average molecular weight is 279 g/mol. The number of nitrogens with two attached hydrogens (primary N) is 1. The molecule has 1 aliphatic carbocycles. The van der Waals surface area contributed by atoms with Gasteiger partial charge in [-0.1, -0.05) is 12.1 Å². The second-order valence-corrected chi connectivity index (χ2v) is 5.13. The minimum absolute atomic E-state index is 0.00793. The first-order valence-corrected chi connectivity index (χ1v) is 6.89. The normalized spacial score (nSPS) is 17.4. The van der Waals surface area contributed by atoms with Crippen LogP contribution in [0.3, 0.4) is 0 Å². The molecule has 0 aromatic heterocycles. The van der Waals surface area contributed by atoms with Crippen molar-refractivity contribution in [2.24, 2.45) is 11.7 Å². The summed E-state index contributed by atoms with van der Waals surface area (Å²) in [6, 6.07) is 7.05. The number of aliphatic hydroxyl groups excluding tert-OH is 1. The molecule has 1 atom stereocenters. The van der Waals surface area contributed by atoms with E-state index in [1.165, 1.54) is 0 Å². The van der Waals surface area contributed by atoms with Gasteiger partial charge in [-0.15, -0.1) is 0 Å². The smallest absolute Gasteiger partial charge is 0.329 e. The standard InChI is InChI=1S/C15H21NO4/c1-2-19-14(18)15(16,12-5-6-12)10-20-13-7-3-11(9-17)4-8-13/h3-4,7-8,12,17H,2,5-6,9-10,16H2,1H3. The van der Waals surface area contributed by atoms with Crippen LogP contribution in [0, 0.1) is 5.92 Å². The lowest BCUT2D eigenvalue weighted by Gasteiger charge is -2.27. The average Bonchev–Trinajstić information content (AvgIpc) is 3.30. The van der Waals surface area contributed by atoms with Gasteiger partial charge in [0.05, 0.1) is 13.2 Å². The van der Waals surface area contributed by atoms with Crippen LogP contribution in [-0.2, 0) is 16.1 Å². The Morgan fingerprint density at radius 1 is 1.40 bits per heavy atom. The van der Waals surface area contributed by atoms with Gasteiger partial charge in [-0.05, 0) is 43.4 Å². The minimum atomic E-state index is -1.06. The maximum Gasteiger partial charge on any atom is 0.329 e. The van der Waals surface area contributed by atoms with Gasteiger partial charge in [0.25, 0.3) is 0 Å². The van der Waals surface area contributed by atoms with Crippen LogP contribution >= 0.6 is 0 Å². The van der Waals surface area contributed by atoms with E-state index in [2.05, 4.69) is 0 Å². The van der Waals surface area contributed by atoms with Gasteiger partial charge in [0.15, 0.2) is 5.54 Å². The van der Waals surface area contributed by atoms with Crippen LogP contribution in [0.2, 0.25) is 0 Å². The van der Waals surface area contributed by atoms with E-state index in [9.17, 15) is 4.79 Å². The molecule has 1 fully saturated rings. The van der Waals surface area contributed by atoms with Crippen molar-refractivity contribution in [3.63, 3.8) is 0 Å². The van der Waals surface area contributed by atoms with Crippen molar-refractivity contribution in [2.75, 3.05) is 13.2 Å². The molecule has 1 unspecified atom stereocenters. The number of carbonyl (C=O) groups excluding carboxylic acids is 1. The molecule has 1 aromatic carbocycles. The Morgan fingerprint density at radius 2 is 2.05 bits per heavy atom. The molecule has 0 amide bonds. The molecule has 1 saturated carbocycles. The lowest BCUT2D eigenvalue weighted by Crippen LogP contribution is -2.55. The maximum absolute atomic E-state index is 12.0. The lowest BCUT2D eigenvalue weighted by molar-refractivity contribution is -0.151. The number of benzene rings is 1. The molecule has 1 aromatic rings. The second-order valence-electron chi connectivity index (χ2n) is 5.13. The number of ether oxygens (including phenoxy) is 2. The van der Waals surface area contributed by atoms with Gasteiger partial charge in [-0.3, -0.25) is 0 Å². The van der Waals surface area contributed by atoms with E-state index in [1.807, 2.05) is 0 Å². The minimum Gasteiger partial charge on any atom is -0.491 e. The predicted molar refractivity (Wildman–Crippen MR) is 74.1 cm³/mol. The van der Waals surface area contributed by atoms with E-state index < -0.39 is 11.5 Å². The highest BCUT2D eigenvalue weighted by molar-refractivity contribution is 5.81. The van der Waals surface area contributed by atoms with Crippen molar-refractivity contribution < 1.29 is 19.4 Å². The summed E-state index contributed by atoms with van der Waals surface area (Å²) in [5.74, 6) is 0.370. The predicted octanol–water partition coefficient (Wildman–Crippen LogP) is 1.23. The Hall–Kier alpha value is -1.59. The number of aliphatic hydroxyl groups is 1. The molecule has 0 radical (unpaired) electrons. The van der Waals surface area contributed by atoms with Crippen LogP contribution in [0.1, 0.15) is 25.3 Å². The third-order valence-electron chi connectivity index (χ3n) is 3.54. The zero-order valence-corrected chi connectivity index (χ0v) is 11.7. The van der Waals surface area contributed by atoms with Crippen molar-refractivity contribution in [3.8, 4) is 5.75 Å². The number of esters is 1. The molecule has 0 heterocycles. The summed E-state index contributed by atoms with van der Waals surface area (Å²) in [7, 11) is 0. The van der Waals surface area contributed by atoms with Crippen LogP contribution in [0.25, 0.3) is 0 Å². The fraction of sp³-hybridized carbons (Fsp3) is 0.533. The molecule has 110 valence electrons. The molecule has 0 aliphatic heterocycles. The van der Waals surface area contributed by atoms with Gasteiger partial charge in [0.1, 0.15) is 12.4 Å². The fourth-order valence-corrected chi connectivity index (χ4v) is 2.10. The Labute approximate surface area is 118 Å². The van der Waals surface area contributed by atoms with E-state index in [1.54, 1.807) is 31.2 Å². The lowest BCUT2D eigenvalue weighted by atomic mass is 9.96. The Bertz CT molecular complexity index is 455. The molecule has 1 aliphatic rings. The summed E-state index contributed by atoms with van der Waals surface area (Å²) >= 11 is 0. The third kappa shape index (κ3) is 3.29. The van der Waals surface area contributed by atoms with Gasteiger partial charge in [0, 0.05) is 0 Å². The first-order valence-electron chi connectivity index (χ1n) is 6.89. The Morgan fingerprint density at radius 3 is 2.55 bits per heavy atom. The summed E-state index contributed by atoms with van der Waals surface area (Å²) in [6.07, 6.45) is 1.87. The molecule has 0 bridgehead atoms. The van der Waals surface area contributed by atoms with Gasteiger partial charge < -0.3 is 20.3 Å². The fourth-order valence-electron chi connectivity index (χ4n) is 2.10. The second kappa shape index (κ2) is 6.24. The highest BCUT2D eigenvalue weighted by Gasteiger charge is 2.50. The van der Waals surface area contributed by atoms with Crippen LogP contribution in [0.15, 0.2) is 24.3 Å². The highest BCUT2D eigenvalue weighted by Crippen LogP contribution is 2.39. The van der Waals surface area contributed by atoms with E-state index >= 15 is 0 Å². The van der Waals surface area contributed by atoms with Crippen LogP contribution in [-0.4, -0.2) is 29.8 Å². The summed E-state index contributed by atoms with van der Waals surface area (Å²) in [6.45, 7) is 2.18.